The Balaban J connectivity index is 2.35. The molecule has 1 amide bonds. The maximum Gasteiger partial charge on any atom is 0.234 e. The third kappa shape index (κ3) is 5.70. The van der Waals surface area contributed by atoms with Gasteiger partial charge in [0.25, 0.3) is 0 Å². The lowest BCUT2D eigenvalue weighted by Gasteiger charge is -2.17. The van der Waals surface area contributed by atoms with E-state index in [0.29, 0.717) is 0 Å². The maximum atomic E-state index is 11.2. The van der Waals surface area contributed by atoms with Crippen LogP contribution >= 0.6 is 11.8 Å². The van der Waals surface area contributed by atoms with Crippen LogP contribution in [-0.2, 0) is 4.79 Å². The first-order chi connectivity index (χ1) is 8.09. The number of aromatic nitrogens is 1. The van der Waals surface area contributed by atoms with Gasteiger partial charge in [-0.3, -0.25) is 9.78 Å². The summed E-state index contributed by atoms with van der Waals surface area (Å²) < 4.78 is 0. The molecule has 1 aromatic rings. The van der Waals surface area contributed by atoms with Gasteiger partial charge in [-0.05, 0) is 24.3 Å². The second-order valence-electron chi connectivity index (χ2n) is 4.10. The van der Waals surface area contributed by atoms with Crippen LogP contribution in [0.25, 0.3) is 0 Å². The van der Waals surface area contributed by atoms with Gasteiger partial charge >= 0.3 is 0 Å². The summed E-state index contributed by atoms with van der Waals surface area (Å²) in [6.07, 6.45) is 4.26. The lowest BCUT2D eigenvalue weighted by Crippen LogP contribution is -2.44. The van der Waals surface area contributed by atoms with Crippen molar-refractivity contribution in [2.24, 2.45) is 5.73 Å². The predicted octanol–water partition coefficient (Wildman–Crippen LogP) is 1.42. The summed E-state index contributed by atoms with van der Waals surface area (Å²) >= 11 is 1.71. The van der Waals surface area contributed by atoms with Crippen molar-refractivity contribution in [3.05, 3.63) is 24.5 Å². The molecule has 1 atom stereocenters. The van der Waals surface area contributed by atoms with E-state index < -0.39 is 0 Å². The summed E-state index contributed by atoms with van der Waals surface area (Å²) in [6, 6.07) is 3.93. The van der Waals surface area contributed by atoms with Crippen molar-refractivity contribution in [2.45, 2.75) is 37.2 Å². The number of rotatable bonds is 7. The summed E-state index contributed by atoms with van der Waals surface area (Å²) in [7, 11) is 0. The summed E-state index contributed by atoms with van der Waals surface area (Å²) in [5.41, 5.74) is 5.34. The van der Waals surface area contributed by atoms with E-state index in [0.717, 1.165) is 17.1 Å². The molecule has 3 N–H and O–H groups in total. The van der Waals surface area contributed by atoms with Crippen LogP contribution in [0.3, 0.4) is 0 Å². The highest BCUT2D eigenvalue weighted by Gasteiger charge is 2.15. The average Bonchev–Trinajstić information content (AvgIpc) is 2.28. The second-order valence-corrected chi connectivity index (χ2v) is 5.26. The standard InChI is InChI=1S/C12H19N3OS/c1-9(2)15-11(12(13)16)5-8-17-10-3-6-14-7-4-10/h3-4,6-7,9,11,15H,5,8H2,1-2H3,(H2,13,16). The van der Waals surface area contributed by atoms with E-state index in [9.17, 15) is 4.79 Å². The molecule has 0 aromatic carbocycles. The van der Waals surface area contributed by atoms with Gasteiger partial charge in [0.2, 0.25) is 5.91 Å². The van der Waals surface area contributed by atoms with Gasteiger partial charge in [-0.25, -0.2) is 0 Å². The zero-order chi connectivity index (χ0) is 12.7. The van der Waals surface area contributed by atoms with Crippen LogP contribution < -0.4 is 11.1 Å². The number of nitrogens with one attached hydrogen (secondary N) is 1. The van der Waals surface area contributed by atoms with Crippen molar-refractivity contribution in [3.8, 4) is 0 Å². The molecular formula is C12H19N3OS. The van der Waals surface area contributed by atoms with Crippen LogP contribution in [0.2, 0.25) is 0 Å². The highest BCUT2D eigenvalue weighted by molar-refractivity contribution is 7.99. The monoisotopic (exact) mass is 253 g/mol. The topological polar surface area (TPSA) is 68.0 Å². The zero-order valence-electron chi connectivity index (χ0n) is 10.2. The van der Waals surface area contributed by atoms with Crippen LogP contribution in [0.15, 0.2) is 29.4 Å². The number of thioether (sulfide) groups is 1. The summed E-state index contributed by atoms with van der Waals surface area (Å²) in [5.74, 6) is 0.575. The average molecular weight is 253 g/mol. The molecule has 1 heterocycles. The Labute approximate surface area is 106 Å². The van der Waals surface area contributed by atoms with Crippen LogP contribution in [0.4, 0.5) is 0 Å². The number of amides is 1. The number of primary amides is 1. The van der Waals surface area contributed by atoms with E-state index >= 15 is 0 Å². The van der Waals surface area contributed by atoms with Gasteiger partial charge in [0.1, 0.15) is 0 Å². The SMILES string of the molecule is CC(C)NC(CCSc1ccncc1)C(N)=O. The fourth-order valence-electron chi connectivity index (χ4n) is 1.44. The van der Waals surface area contributed by atoms with E-state index in [1.165, 1.54) is 0 Å². The largest absolute Gasteiger partial charge is 0.368 e. The van der Waals surface area contributed by atoms with Gasteiger partial charge in [0.15, 0.2) is 0 Å². The molecule has 1 aromatic heterocycles. The number of nitrogens with two attached hydrogens (primary N) is 1. The van der Waals surface area contributed by atoms with Gasteiger partial charge in [-0.15, -0.1) is 11.8 Å². The Bertz CT molecular complexity index is 343. The third-order valence-corrected chi connectivity index (χ3v) is 3.25. The fraction of sp³-hybridized carbons (Fsp3) is 0.500. The molecule has 0 aliphatic rings. The Hall–Kier alpha value is -1.07. The molecule has 0 aliphatic carbocycles. The molecule has 94 valence electrons. The van der Waals surface area contributed by atoms with Crippen LogP contribution in [-0.4, -0.2) is 28.7 Å². The van der Waals surface area contributed by atoms with Gasteiger partial charge < -0.3 is 11.1 Å². The van der Waals surface area contributed by atoms with E-state index in [2.05, 4.69) is 10.3 Å². The molecule has 0 aliphatic heterocycles. The zero-order valence-corrected chi connectivity index (χ0v) is 11.0. The highest BCUT2D eigenvalue weighted by atomic mass is 32.2. The maximum absolute atomic E-state index is 11.2. The Morgan fingerprint density at radius 2 is 2.12 bits per heavy atom. The van der Waals surface area contributed by atoms with E-state index in [4.69, 9.17) is 5.73 Å². The quantitative estimate of drug-likeness (QED) is 0.721. The number of nitrogens with zero attached hydrogens (tertiary/aromatic N) is 1. The minimum atomic E-state index is -0.283. The molecule has 0 saturated carbocycles. The molecule has 1 rings (SSSR count). The predicted molar refractivity (Wildman–Crippen MR) is 70.8 cm³/mol. The summed E-state index contributed by atoms with van der Waals surface area (Å²) in [6.45, 7) is 4.01. The smallest absolute Gasteiger partial charge is 0.234 e. The Kier molecular flexibility index (Phi) is 6.00. The van der Waals surface area contributed by atoms with Gasteiger partial charge in [-0.2, -0.15) is 0 Å². The first kappa shape index (κ1) is 14.0. The Morgan fingerprint density at radius 1 is 1.47 bits per heavy atom. The first-order valence-corrected chi connectivity index (χ1v) is 6.66. The van der Waals surface area contributed by atoms with Crippen molar-refractivity contribution < 1.29 is 4.79 Å². The number of carbonyl (C=O) groups is 1. The van der Waals surface area contributed by atoms with Crippen molar-refractivity contribution in [1.29, 1.82) is 0 Å². The van der Waals surface area contributed by atoms with Crippen molar-refractivity contribution in [3.63, 3.8) is 0 Å². The number of hydrogen-bond donors (Lipinski definition) is 2. The van der Waals surface area contributed by atoms with E-state index in [-0.39, 0.29) is 18.0 Å². The summed E-state index contributed by atoms with van der Waals surface area (Å²) in [4.78, 5) is 16.3. The molecule has 0 radical (unpaired) electrons. The molecule has 0 fully saturated rings. The molecule has 4 nitrogen and oxygen atoms in total. The third-order valence-electron chi connectivity index (χ3n) is 2.20. The normalized spacial score (nSPS) is 12.6. The number of carbonyl (C=O) groups excluding carboxylic acids is 1. The molecule has 0 saturated heterocycles. The Morgan fingerprint density at radius 3 is 2.65 bits per heavy atom. The van der Waals surface area contributed by atoms with Crippen molar-refractivity contribution in [2.75, 3.05) is 5.75 Å². The van der Waals surface area contributed by atoms with Gasteiger partial charge in [0, 0.05) is 23.3 Å². The molecule has 0 bridgehead atoms. The second kappa shape index (κ2) is 7.29. The van der Waals surface area contributed by atoms with Crippen LogP contribution in [0, 0.1) is 0 Å². The highest BCUT2D eigenvalue weighted by Crippen LogP contribution is 2.17. The molecule has 1 unspecified atom stereocenters. The fourth-order valence-corrected chi connectivity index (χ4v) is 2.34. The summed E-state index contributed by atoms with van der Waals surface area (Å²) in [5, 5.41) is 3.17. The van der Waals surface area contributed by atoms with Crippen molar-refractivity contribution in [1.82, 2.24) is 10.3 Å². The van der Waals surface area contributed by atoms with Crippen LogP contribution in [0.1, 0.15) is 20.3 Å². The van der Waals surface area contributed by atoms with Gasteiger partial charge in [0.05, 0.1) is 6.04 Å². The number of hydrogen-bond acceptors (Lipinski definition) is 4. The van der Waals surface area contributed by atoms with Crippen molar-refractivity contribution >= 4 is 17.7 Å². The molecule has 0 spiro atoms. The van der Waals surface area contributed by atoms with E-state index in [1.807, 2.05) is 26.0 Å². The molecular weight excluding hydrogens is 234 g/mol. The number of pyridine rings is 1. The lowest BCUT2D eigenvalue weighted by molar-refractivity contribution is -0.120. The minimum Gasteiger partial charge on any atom is -0.368 e. The molecule has 17 heavy (non-hydrogen) atoms. The van der Waals surface area contributed by atoms with E-state index in [1.54, 1.807) is 24.2 Å². The minimum absolute atomic E-state index is 0.246. The lowest BCUT2D eigenvalue weighted by atomic mass is 10.2. The van der Waals surface area contributed by atoms with Crippen LogP contribution in [0.5, 0.6) is 0 Å². The first-order valence-electron chi connectivity index (χ1n) is 5.67. The molecule has 5 heteroatoms. The van der Waals surface area contributed by atoms with Gasteiger partial charge in [-0.1, -0.05) is 13.8 Å².